The maximum atomic E-state index is 12.6. The fourth-order valence-corrected chi connectivity index (χ4v) is 4.31. The minimum absolute atomic E-state index is 0.234. The number of hydrogen-bond acceptors (Lipinski definition) is 6. The fourth-order valence-electron chi connectivity index (χ4n) is 3.45. The standard InChI is InChI=1S/C23H22N2O5S/c1-15-19(24-21(30-15)16-7-3-2-4-8-16)14-29-17-9-5-10-18(13-17)31-23(28)25-12-6-11-20(25)22(26)27/h2-5,7-10,13,20H,6,11-12,14H2,1H3,(H,26,27)/t20-/m1/s1. The second kappa shape index (κ2) is 9.26. The number of aromatic nitrogens is 1. The molecule has 8 heteroatoms. The van der Waals surface area contributed by atoms with Gasteiger partial charge in [0.15, 0.2) is 0 Å². The highest BCUT2D eigenvalue weighted by atomic mass is 32.2. The molecule has 3 aromatic rings. The van der Waals surface area contributed by atoms with E-state index in [0.29, 0.717) is 47.4 Å². The van der Waals surface area contributed by atoms with Crippen LogP contribution in [0, 0.1) is 6.92 Å². The zero-order valence-electron chi connectivity index (χ0n) is 17.0. The second-order valence-electron chi connectivity index (χ2n) is 7.21. The summed E-state index contributed by atoms with van der Waals surface area (Å²) < 4.78 is 11.6. The van der Waals surface area contributed by atoms with Gasteiger partial charge in [0.25, 0.3) is 5.24 Å². The molecule has 2 aromatic carbocycles. The van der Waals surface area contributed by atoms with Crippen molar-refractivity contribution in [3.63, 3.8) is 0 Å². The Hall–Kier alpha value is -3.26. The largest absolute Gasteiger partial charge is 0.487 e. The van der Waals surface area contributed by atoms with E-state index in [1.807, 2.05) is 37.3 Å². The van der Waals surface area contributed by atoms with E-state index in [0.717, 1.165) is 17.3 Å². The average Bonchev–Trinajstić information content (AvgIpc) is 3.40. The number of carbonyl (C=O) groups excluding carboxylic acids is 1. The number of hydrogen-bond donors (Lipinski definition) is 1. The van der Waals surface area contributed by atoms with Gasteiger partial charge in [0, 0.05) is 17.0 Å². The van der Waals surface area contributed by atoms with Crippen LogP contribution < -0.4 is 4.74 Å². The number of aliphatic carboxylic acids is 1. The third-order valence-corrected chi connectivity index (χ3v) is 5.97. The molecule has 1 aliphatic heterocycles. The fraction of sp³-hybridized carbons (Fsp3) is 0.261. The molecule has 1 amide bonds. The first-order chi connectivity index (χ1) is 15.0. The van der Waals surface area contributed by atoms with Crippen LogP contribution in [0.1, 0.15) is 24.3 Å². The highest BCUT2D eigenvalue weighted by Crippen LogP contribution is 2.30. The van der Waals surface area contributed by atoms with E-state index in [1.54, 1.807) is 24.3 Å². The highest BCUT2D eigenvalue weighted by Gasteiger charge is 2.34. The van der Waals surface area contributed by atoms with Crippen LogP contribution >= 0.6 is 11.8 Å². The molecule has 0 radical (unpaired) electrons. The van der Waals surface area contributed by atoms with Gasteiger partial charge in [-0.05, 0) is 61.9 Å². The van der Waals surface area contributed by atoms with Crippen molar-refractivity contribution in [2.24, 2.45) is 0 Å². The van der Waals surface area contributed by atoms with E-state index in [1.165, 1.54) is 4.90 Å². The Morgan fingerprint density at radius 3 is 2.81 bits per heavy atom. The van der Waals surface area contributed by atoms with Gasteiger partial charge in [0.05, 0.1) is 0 Å². The Morgan fingerprint density at radius 2 is 2.03 bits per heavy atom. The highest BCUT2D eigenvalue weighted by molar-refractivity contribution is 8.13. The molecule has 31 heavy (non-hydrogen) atoms. The minimum atomic E-state index is -0.957. The number of likely N-dealkylation sites (tertiary alicyclic amines) is 1. The molecule has 0 aliphatic carbocycles. The Kier molecular flexibility index (Phi) is 6.27. The van der Waals surface area contributed by atoms with E-state index in [4.69, 9.17) is 9.15 Å². The van der Waals surface area contributed by atoms with Crippen LogP contribution in [0.15, 0.2) is 63.9 Å². The number of benzene rings is 2. The number of amides is 1. The molecule has 7 nitrogen and oxygen atoms in total. The summed E-state index contributed by atoms with van der Waals surface area (Å²) in [5, 5.41) is 9.02. The Labute approximate surface area is 184 Å². The molecule has 0 saturated carbocycles. The van der Waals surface area contributed by atoms with Crippen LogP contribution in [0.3, 0.4) is 0 Å². The summed E-state index contributed by atoms with van der Waals surface area (Å²) in [4.78, 5) is 30.5. The molecule has 1 atom stereocenters. The van der Waals surface area contributed by atoms with Crippen molar-refractivity contribution >= 4 is 23.0 Å². The molecule has 0 bridgehead atoms. The lowest BCUT2D eigenvalue weighted by Gasteiger charge is -2.20. The van der Waals surface area contributed by atoms with E-state index in [-0.39, 0.29) is 11.8 Å². The van der Waals surface area contributed by atoms with Crippen LogP contribution in [0.2, 0.25) is 0 Å². The van der Waals surface area contributed by atoms with Gasteiger partial charge in [-0.1, -0.05) is 24.3 Å². The predicted molar refractivity (Wildman–Crippen MR) is 116 cm³/mol. The number of carboxylic acid groups (broad SMARTS) is 1. The van der Waals surface area contributed by atoms with Gasteiger partial charge in [-0.3, -0.25) is 4.79 Å². The third-order valence-electron chi connectivity index (χ3n) is 5.07. The van der Waals surface area contributed by atoms with Crippen molar-refractivity contribution in [3.05, 3.63) is 66.1 Å². The van der Waals surface area contributed by atoms with Gasteiger partial charge in [-0.25, -0.2) is 9.78 Å². The van der Waals surface area contributed by atoms with Crippen molar-refractivity contribution < 1.29 is 23.8 Å². The molecule has 1 N–H and O–H groups in total. The number of ether oxygens (including phenoxy) is 1. The molecule has 1 aliphatic rings. The summed E-state index contributed by atoms with van der Waals surface area (Å²) >= 11 is 1.01. The van der Waals surface area contributed by atoms with E-state index >= 15 is 0 Å². The molecular weight excluding hydrogens is 416 g/mol. The number of carboxylic acids is 1. The normalized spacial score (nSPS) is 15.8. The summed E-state index contributed by atoms with van der Waals surface area (Å²) in [5.74, 6) is 0.873. The van der Waals surface area contributed by atoms with Crippen molar-refractivity contribution in [1.29, 1.82) is 0 Å². The summed E-state index contributed by atoms with van der Waals surface area (Å²) in [7, 11) is 0. The Bertz CT molecular complexity index is 1080. The summed E-state index contributed by atoms with van der Waals surface area (Å²) in [6.45, 7) is 2.55. The summed E-state index contributed by atoms with van der Waals surface area (Å²) in [5.41, 5.74) is 1.60. The zero-order valence-corrected chi connectivity index (χ0v) is 17.8. The van der Waals surface area contributed by atoms with E-state index in [2.05, 4.69) is 4.98 Å². The van der Waals surface area contributed by atoms with Gasteiger partial charge >= 0.3 is 5.97 Å². The van der Waals surface area contributed by atoms with Crippen LogP contribution in [0.5, 0.6) is 5.75 Å². The molecule has 0 unspecified atom stereocenters. The van der Waals surface area contributed by atoms with Gasteiger partial charge in [0.2, 0.25) is 5.89 Å². The van der Waals surface area contributed by atoms with Gasteiger partial charge in [-0.2, -0.15) is 0 Å². The summed E-state index contributed by atoms with van der Waals surface area (Å²) in [6.07, 6.45) is 1.20. The van der Waals surface area contributed by atoms with Crippen LogP contribution in [-0.2, 0) is 11.4 Å². The molecule has 1 aromatic heterocycles. The lowest BCUT2D eigenvalue weighted by atomic mass is 10.2. The van der Waals surface area contributed by atoms with Crippen molar-refractivity contribution in [2.45, 2.75) is 37.3 Å². The van der Waals surface area contributed by atoms with E-state index in [9.17, 15) is 14.7 Å². The number of thioether (sulfide) groups is 1. The van der Waals surface area contributed by atoms with Gasteiger partial charge < -0.3 is 19.2 Å². The smallest absolute Gasteiger partial charge is 0.326 e. The molecule has 1 saturated heterocycles. The quantitative estimate of drug-likeness (QED) is 0.542. The van der Waals surface area contributed by atoms with Gasteiger partial charge in [-0.15, -0.1) is 0 Å². The average molecular weight is 439 g/mol. The molecule has 1 fully saturated rings. The first-order valence-electron chi connectivity index (χ1n) is 9.97. The topological polar surface area (TPSA) is 92.9 Å². The Balaban J connectivity index is 1.40. The molecular formula is C23H22N2O5S. The molecule has 2 heterocycles. The number of oxazole rings is 1. The molecule has 160 valence electrons. The SMILES string of the molecule is Cc1oc(-c2ccccc2)nc1COc1cccc(SC(=O)N2CCC[C@@H]2C(=O)O)c1. The lowest BCUT2D eigenvalue weighted by molar-refractivity contribution is -0.141. The Morgan fingerprint density at radius 1 is 1.23 bits per heavy atom. The maximum Gasteiger partial charge on any atom is 0.326 e. The van der Waals surface area contributed by atoms with Crippen LogP contribution in [0.25, 0.3) is 11.5 Å². The van der Waals surface area contributed by atoms with Crippen molar-refractivity contribution in [2.75, 3.05) is 6.54 Å². The number of rotatable bonds is 6. The first kappa shape index (κ1) is 21.0. The molecule has 0 spiro atoms. The third kappa shape index (κ3) is 4.91. The van der Waals surface area contributed by atoms with Crippen molar-refractivity contribution in [3.8, 4) is 17.2 Å². The van der Waals surface area contributed by atoms with Gasteiger partial charge in [0.1, 0.15) is 29.9 Å². The number of aryl methyl sites for hydroxylation is 1. The van der Waals surface area contributed by atoms with Crippen LogP contribution in [0.4, 0.5) is 4.79 Å². The molecule has 4 rings (SSSR count). The lowest BCUT2D eigenvalue weighted by Crippen LogP contribution is -2.38. The second-order valence-corrected chi connectivity index (χ2v) is 8.23. The zero-order chi connectivity index (χ0) is 21.8. The maximum absolute atomic E-state index is 12.6. The number of carbonyl (C=O) groups is 2. The first-order valence-corrected chi connectivity index (χ1v) is 10.8. The summed E-state index contributed by atoms with van der Waals surface area (Å²) in [6, 6.07) is 16.1. The predicted octanol–water partition coefficient (Wildman–Crippen LogP) is 4.99. The van der Waals surface area contributed by atoms with E-state index < -0.39 is 12.0 Å². The minimum Gasteiger partial charge on any atom is -0.487 e. The van der Waals surface area contributed by atoms with Crippen LogP contribution in [-0.4, -0.2) is 38.8 Å². The van der Waals surface area contributed by atoms with Crippen molar-refractivity contribution in [1.82, 2.24) is 9.88 Å². The monoisotopic (exact) mass is 438 g/mol. The number of nitrogens with zero attached hydrogens (tertiary/aromatic N) is 2.